The van der Waals surface area contributed by atoms with Crippen molar-refractivity contribution in [2.75, 3.05) is 0 Å². The molecule has 0 aromatic heterocycles. The Morgan fingerprint density at radius 2 is 2.21 bits per heavy atom. The number of aromatic carboxylic acids is 1. The zero-order valence-electron chi connectivity index (χ0n) is 6.99. The topological polar surface area (TPSA) is 81.3 Å². The molecule has 0 aliphatic heterocycles. The Bertz CT molecular complexity index is 423. The lowest BCUT2D eigenvalue weighted by molar-refractivity contribution is 0.0696. The van der Waals surface area contributed by atoms with Gasteiger partial charge in [0.2, 0.25) is 0 Å². The molecular weight excluding hydrogens is 250 g/mol. The molecule has 2 N–H and O–H groups in total. The zero-order chi connectivity index (χ0) is 10.7. The van der Waals surface area contributed by atoms with E-state index >= 15 is 0 Å². The van der Waals surface area contributed by atoms with Crippen molar-refractivity contribution in [3.8, 4) is 11.8 Å². The molecule has 0 unspecified atom stereocenters. The molecule has 0 radical (unpaired) electrons. The van der Waals surface area contributed by atoms with Crippen molar-refractivity contribution in [1.82, 2.24) is 0 Å². The molecular formula is C9H6BrNO3. The van der Waals surface area contributed by atoms with Crippen LogP contribution in [0.3, 0.4) is 0 Å². The van der Waals surface area contributed by atoms with Gasteiger partial charge in [0.05, 0.1) is 5.56 Å². The third kappa shape index (κ3) is 1.86. The summed E-state index contributed by atoms with van der Waals surface area (Å²) in [6.07, 6.45) is 0. The highest BCUT2D eigenvalue weighted by Gasteiger charge is 2.15. The van der Waals surface area contributed by atoms with E-state index in [9.17, 15) is 9.90 Å². The number of alkyl halides is 1. The highest BCUT2D eigenvalue weighted by molar-refractivity contribution is 9.08. The molecule has 0 atom stereocenters. The molecule has 0 aliphatic carbocycles. The lowest BCUT2D eigenvalue weighted by Gasteiger charge is -2.03. The maximum Gasteiger partial charge on any atom is 0.337 e. The van der Waals surface area contributed by atoms with Crippen LogP contribution in [-0.2, 0) is 5.33 Å². The van der Waals surface area contributed by atoms with Crippen molar-refractivity contribution < 1.29 is 15.0 Å². The molecule has 4 nitrogen and oxygen atoms in total. The second-order valence-corrected chi connectivity index (χ2v) is 3.15. The van der Waals surface area contributed by atoms with Crippen LogP contribution >= 0.6 is 15.9 Å². The van der Waals surface area contributed by atoms with Gasteiger partial charge in [0.1, 0.15) is 17.4 Å². The largest absolute Gasteiger partial charge is 0.507 e. The lowest BCUT2D eigenvalue weighted by atomic mass is 10.0. The number of rotatable bonds is 2. The molecule has 0 spiro atoms. The van der Waals surface area contributed by atoms with Gasteiger partial charge in [-0.05, 0) is 17.7 Å². The second kappa shape index (κ2) is 4.11. The maximum atomic E-state index is 10.7. The fraction of sp³-hybridized carbons (Fsp3) is 0.111. The van der Waals surface area contributed by atoms with Crippen molar-refractivity contribution >= 4 is 21.9 Å². The molecule has 5 heteroatoms. The van der Waals surface area contributed by atoms with Crippen molar-refractivity contribution in [2.24, 2.45) is 0 Å². The molecule has 1 aromatic carbocycles. The van der Waals surface area contributed by atoms with Gasteiger partial charge in [-0.15, -0.1) is 0 Å². The average molecular weight is 256 g/mol. The number of carbonyl (C=O) groups is 1. The summed E-state index contributed by atoms with van der Waals surface area (Å²) >= 11 is 3.13. The van der Waals surface area contributed by atoms with Crippen LogP contribution in [0.2, 0.25) is 0 Å². The quantitative estimate of drug-likeness (QED) is 0.791. The summed E-state index contributed by atoms with van der Waals surface area (Å²) in [5.74, 6) is -1.53. The minimum atomic E-state index is -1.22. The molecule has 0 fully saturated rings. The predicted molar refractivity (Wildman–Crippen MR) is 52.4 cm³/mol. The van der Waals surface area contributed by atoms with Crippen LogP contribution in [0.4, 0.5) is 0 Å². The van der Waals surface area contributed by atoms with E-state index < -0.39 is 5.97 Å². The zero-order valence-corrected chi connectivity index (χ0v) is 8.58. The average Bonchev–Trinajstić information content (AvgIpc) is 2.16. The van der Waals surface area contributed by atoms with E-state index in [1.54, 1.807) is 6.07 Å². The van der Waals surface area contributed by atoms with E-state index in [0.717, 1.165) is 0 Å². The summed E-state index contributed by atoms with van der Waals surface area (Å²) in [4.78, 5) is 10.7. The van der Waals surface area contributed by atoms with E-state index in [4.69, 9.17) is 10.4 Å². The molecule has 0 bridgehead atoms. The standard InChI is InChI=1S/C9H6BrNO3/c10-3-5-1-6(9(13)14)7(4-11)8(12)2-5/h1-2,12H,3H2,(H,13,14). The lowest BCUT2D eigenvalue weighted by Crippen LogP contribution is -2.01. The van der Waals surface area contributed by atoms with Gasteiger partial charge in [0.15, 0.2) is 0 Å². The molecule has 0 heterocycles. The summed E-state index contributed by atoms with van der Waals surface area (Å²) in [7, 11) is 0. The van der Waals surface area contributed by atoms with Gasteiger partial charge in [0.25, 0.3) is 0 Å². The number of phenols is 1. The van der Waals surface area contributed by atoms with Crippen LogP contribution < -0.4 is 0 Å². The van der Waals surface area contributed by atoms with Gasteiger partial charge in [-0.25, -0.2) is 4.79 Å². The van der Waals surface area contributed by atoms with Crippen LogP contribution in [-0.4, -0.2) is 16.2 Å². The summed E-state index contributed by atoms with van der Waals surface area (Å²) in [6.45, 7) is 0. The SMILES string of the molecule is N#Cc1c(O)cc(CBr)cc1C(=O)O. The van der Waals surface area contributed by atoms with Crippen molar-refractivity contribution in [1.29, 1.82) is 5.26 Å². The molecule has 0 amide bonds. The van der Waals surface area contributed by atoms with Crippen LogP contribution in [0, 0.1) is 11.3 Å². The van der Waals surface area contributed by atoms with Gasteiger partial charge in [-0.1, -0.05) is 15.9 Å². The number of nitrogens with zero attached hydrogens (tertiary/aromatic N) is 1. The minimum absolute atomic E-state index is 0.179. The minimum Gasteiger partial charge on any atom is -0.507 e. The Balaban J connectivity index is 3.45. The first-order chi connectivity index (χ1) is 6.60. The first-order valence-corrected chi connectivity index (χ1v) is 4.77. The number of carboxylic acids is 1. The molecule has 0 saturated heterocycles. The van der Waals surface area contributed by atoms with E-state index in [1.807, 2.05) is 0 Å². The van der Waals surface area contributed by atoms with Crippen molar-refractivity contribution in [2.45, 2.75) is 5.33 Å². The number of carboxylic acid groups (broad SMARTS) is 1. The number of benzene rings is 1. The normalized spacial score (nSPS) is 9.43. The third-order valence-corrected chi connectivity index (χ3v) is 2.32. The van der Waals surface area contributed by atoms with E-state index in [-0.39, 0.29) is 16.9 Å². The van der Waals surface area contributed by atoms with Crippen LogP contribution in [0.15, 0.2) is 12.1 Å². The predicted octanol–water partition coefficient (Wildman–Crippen LogP) is 1.86. The molecule has 1 rings (SSSR count). The molecule has 14 heavy (non-hydrogen) atoms. The van der Waals surface area contributed by atoms with Gasteiger partial charge >= 0.3 is 5.97 Å². The van der Waals surface area contributed by atoms with Crippen molar-refractivity contribution in [3.05, 3.63) is 28.8 Å². The number of halogens is 1. The van der Waals surface area contributed by atoms with E-state index in [2.05, 4.69) is 15.9 Å². The number of aromatic hydroxyl groups is 1. The Hall–Kier alpha value is -1.54. The van der Waals surface area contributed by atoms with Gasteiger partial charge in [-0.2, -0.15) is 5.26 Å². The fourth-order valence-corrected chi connectivity index (χ4v) is 1.37. The molecule has 72 valence electrons. The van der Waals surface area contributed by atoms with Crippen molar-refractivity contribution in [3.63, 3.8) is 0 Å². The maximum absolute atomic E-state index is 10.7. The molecule has 0 saturated carbocycles. The Morgan fingerprint density at radius 1 is 1.57 bits per heavy atom. The van der Waals surface area contributed by atoms with E-state index in [1.165, 1.54) is 12.1 Å². The number of hydrogen-bond donors (Lipinski definition) is 2. The summed E-state index contributed by atoms with van der Waals surface area (Å²) in [5, 5.41) is 27.2. The number of nitriles is 1. The highest BCUT2D eigenvalue weighted by atomic mass is 79.9. The smallest absolute Gasteiger partial charge is 0.337 e. The summed E-state index contributed by atoms with van der Waals surface area (Å²) < 4.78 is 0. The fourth-order valence-electron chi connectivity index (χ4n) is 1.05. The highest BCUT2D eigenvalue weighted by Crippen LogP contribution is 2.24. The molecule has 0 aliphatic rings. The van der Waals surface area contributed by atoms with Crippen LogP contribution in [0.1, 0.15) is 21.5 Å². The van der Waals surface area contributed by atoms with Gasteiger partial charge < -0.3 is 10.2 Å². The number of phenolic OH excluding ortho intramolecular Hbond substituents is 1. The Kier molecular flexibility index (Phi) is 3.10. The van der Waals surface area contributed by atoms with Crippen LogP contribution in [0.5, 0.6) is 5.75 Å². The first kappa shape index (κ1) is 10.5. The number of hydrogen-bond acceptors (Lipinski definition) is 3. The third-order valence-electron chi connectivity index (χ3n) is 1.67. The van der Waals surface area contributed by atoms with Gasteiger partial charge in [0, 0.05) is 5.33 Å². The summed E-state index contributed by atoms with van der Waals surface area (Å²) in [5.41, 5.74) is 0.225. The van der Waals surface area contributed by atoms with Crippen LogP contribution in [0.25, 0.3) is 0 Å². The Labute approximate surface area is 88.5 Å². The van der Waals surface area contributed by atoms with Gasteiger partial charge in [-0.3, -0.25) is 0 Å². The molecule has 1 aromatic rings. The Morgan fingerprint density at radius 3 is 2.64 bits per heavy atom. The second-order valence-electron chi connectivity index (χ2n) is 2.59. The first-order valence-electron chi connectivity index (χ1n) is 3.65. The summed E-state index contributed by atoms with van der Waals surface area (Å²) in [6, 6.07) is 4.37. The monoisotopic (exact) mass is 255 g/mol. The van der Waals surface area contributed by atoms with E-state index in [0.29, 0.717) is 10.9 Å².